The minimum atomic E-state index is -0.133. The summed E-state index contributed by atoms with van der Waals surface area (Å²) in [6, 6.07) is 6.88. The molecule has 2 rings (SSSR count). The average molecular weight is 187 g/mol. The summed E-state index contributed by atoms with van der Waals surface area (Å²) in [5, 5.41) is 0. The van der Waals surface area contributed by atoms with Crippen molar-refractivity contribution in [3.63, 3.8) is 0 Å². The van der Waals surface area contributed by atoms with Gasteiger partial charge in [-0.15, -0.1) is 0 Å². The Morgan fingerprint density at radius 2 is 2.21 bits per heavy atom. The zero-order valence-electron chi connectivity index (χ0n) is 7.73. The van der Waals surface area contributed by atoms with E-state index in [1.165, 1.54) is 6.20 Å². The fourth-order valence-electron chi connectivity index (χ4n) is 1.20. The van der Waals surface area contributed by atoms with Crippen LogP contribution in [0.3, 0.4) is 0 Å². The van der Waals surface area contributed by atoms with Crippen LogP contribution in [-0.4, -0.2) is 10.8 Å². The van der Waals surface area contributed by atoms with Crippen molar-refractivity contribution in [1.82, 2.24) is 4.98 Å². The van der Waals surface area contributed by atoms with Gasteiger partial charge in [-0.2, -0.15) is 0 Å². The Morgan fingerprint density at radius 3 is 2.79 bits per heavy atom. The van der Waals surface area contributed by atoms with Crippen LogP contribution in [0.15, 0.2) is 41.1 Å². The number of furan rings is 1. The van der Waals surface area contributed by atoms with Crippen LogP contribution < -0.4 is 0 Å². The van der Waals surface area contributed by atoms with Gasteiger partial charge < -0.3 is 4.42 Å². The van der Waals surface area contributed by atoms with E-state index in [1.807, 2.05) is 0 Å². The van der Waals surface area contributed by atoms with Crippen molar-refractivity contribution in [2.45, 2.75) is 6.92 Å². The first kappa shape index (κ1) is 8.69. The number of aromatic nitrogens is 1. The molecule has 0 spiro atoms. The number of carbonyl (C=O) groups is 1. The van der Waals surface area contributed by atoms with Crippen molar-refractivity contribution in [3.05, 3.63) is 53.7 Å². The standard InChI is InChI=1S/C11H9NO2/c1-8-4-5-10(14-8)11(13)9-3-2-6-12-7-9/h2-7H,1H3. The van der Waals surface area contributed by atoms with Gasteiger partial charge in [-0.05, 0) is 31.2 Å². The molecule has 70 valence electrons. The molecule has 2 heterocycles. The molecule has 0 bridgehead atoms. The number of pyridine rings is 1. The third-order valence-corrected chi connectivity index (χ3v) is 1.89. The Labute approximate surface area is 81.4 Å². The maximum atomic E-state index is 11.7. The Bertz CT molecular complexity index is 445. The molecule has 0 aromatic carbocycles. The Kier molecular flexibility index (Phi) is 2.14. The van der Waals surface area contributed by atoms with Gasteiger partial charge in [0.2, 0.25) is 5.78 Å². The van der Waals surface area contributed by atoms with Gasteiger partial charge in [0.15, 0.2) is 5.76 Å². The predicted molar refractivity (Wildman–Crippen MR) is 51.1 cm³/mol. The van der Waals surface area contributed by atoms with Crippen LogP contribution in [0.1, 0.15) is 21.9 Å². The number of nitrogens with zero attached hydrogens (tertiary/aromatic N) is 1. The van der Waals surface area contributed by atoms with Crippen LogP contribution in [0, 0.1) is 6.92 Å². The molecule has 0 radical (unpaired) electrons. The second-order valence-corrected chi connectivity index (χ2v) is 2.98. The maximum Gasteiger partial charge on any atom is 0.229 e. The summed E-state index contributed by atoms with van der Waals surface area (Å²) in [6.45, 7) is 1.81. The molecule has 3 nitrogen and oxygen atoms in total. The highest BCUT2D eigenvalue weighted by Crippen LogP contribution is 2.11. The number of hydrogen-bond acceptors (Lipinski definition) is 3. The molecule has 2 aromatic rings. The highest BCUT2D eigenvalue weighted by atomic mass is 16.3. The molecule has 0 aliphatic rings. The molecule has 0 amide bonds. The summed E-state index contributed by atoms with van der Waals surface area (Å²) in [5.41, 5.74) is 0.543. The lowest BCUT2D eigenvalue weighted by molar-refractivity contribution is 0.101. The van der Waals surface area contributed by atoms with Crippen LogP contribution >= 0.6 is 0 Å². The van der Waals surface area contributed by atoms with Crippen molar-refractivity contribution in [2.24, 2.45) is 0 Å². The van der Waals surface area contributed by atoms with E-state index in [9.17, 15) is 4.79 Å². The molecule has 2 aromatic heterocycles. The van der Waals surface area contributed by atoms with E-state index in [4.69, 9.17) is 4.42 Å². The number of hydrogen-bond donors (Lipinski definition) is 0. The minimum Gasteiger partial charge on any atom is -0.458 e. The molecule has 3 heteroatoms. The molecule has 0 atom stereocenters. The van der Waals surface area contributed by atoms with Crippen LogP contribution in [0.5, 0.6) is 0 Å². The summed E-state index contributed by atoms with van der Waals surface area (Å²) in [5.74, 6) is 0.957. The summed E-state index contributed by atoms with van der Waals surface area (Å²) < 4.78 is 5.22. The fourth-order valence-corrected chi connectivity index (χ4v) is 1.20. The van der Waals surface area contributed by atoms with E-state index in [0.717, 1.165) is 5.76 Å². The van der Waals surface area contributed by atoms with Crippen molar-refractivity contribution in [3.8, 4) is 0 Å². The molecule has 0 fully saturated rings. The molecular formula is C11H9NO2. The Morgan fingerprint density at radius 1 is 1.36 bits per heavy atom. The van der Waals surface area contributed by atoms with E-state index in [-0.39, 0.29) is 5.78 Å². The molecule has 0 aliphatic carbocycles. The monoisotopic (exact) mass is 187 g/mol. The fraction of sp³-hybridized carbons (Fsp3) is 0.0909. The number of carbonyl (C=O) groups excluding carboxylic acids is 1. The van der Waals surface area contributed by atoms with Gasteiger partial charge in [-0.25, -0.2) is 0 Å². The summed E-state index contributed by atoms with van der Waals surface area (Å²) >= 11 is 0. The normalized spacial score (nSPS) is 10.1. The Balaban J connectivity index is 2.34. The highest BCUT2D eigenvalue weighted by Gasteiger charge is 2.11. The third kappa shape index (κ3) is 1.57. The SMILES string of the molecule is Cc1ccc(C(=O)c2cccnc2)o1. The van der Waals surface area contributed by atoms with Crippen molar-refractivity contribution in [1.29, 1.82) is 0 Å². The second-order valence-electron chi connectivity index (χ2n) is 2.98. The smallest absolute Gasteiger partial charge is 0.229 e. The zero-order chi connectivity index (χ0) is 9.97. The van der Waals surface area contributed by atoms with E-state index in [1.54, 1.807) is 37.4 Å². The van der Waals surface area contributed by atoms with Crippen molar-refractivity contribution >= 4 is 5.78 Å². The van der Waals surface area contributed by atoms with Gasteiger partial charge in [0.1, 0.15) is 5.76 Å². The average Bonchev–Trinajstić information content (AvgIpc) is 2.65. The largest absolute Gasteiger partial charge is 0.458 e. The maximum absolute atomic E-state index is 11.7. The van der Waals surface area contributed by atoms with Crippen molar-refractivity contribution in [2.75, 3.05) is 0 Å². The van der Waals surface area contributed by atoms with Gasteiger partial charge in [0.25, 0.3) is 0 Å². The van der Waals surface area contributed by atoms with Crippen molar-refractivity contribution < 1.29 is 9.21 Å². The minimum absolute atomic E-state index is 0.133. The first-order chi connectivity index (χ1) is 6.77. The van der Waals surface area contributed by atoms with Crippen LogP contribution in [0.25, 0.3) is 0 Å². The van der Waals surface area contributed by atoms with E-state index < -0.39 is 0 Å². The van der Waals surface area contributed by atoms with Gasteiger partial charge in [-0.3, -0.25) is 9.78 Å². The van der Waals surface area contributed by atoms with E-state index in [2.05, 4.69) is 4.98 Å². The molecule has 0 saturated carbocycles. The Hall–Kier alpha value is -1.90. The molecule has 0 aliphatic heterocycles. The first-order valence-electron chi connectivity index (χ1n) is 4.28. The molecular weight excluding hydrogens is 178 g/mol. The van der Waals surface area contributed by atoms with Gasteiger partial charge in [0, 0.05) is 18.0 Å². The predicted octanol–water partition coefficient (Wildman–Crippen LogP) is 2.21. The van der Waals surface area contributed by atoms with Gasteiger partial charge in [-0.1, -0.05) is 0 Å². The number of aryl methyl sites for hydroxylation is 1. The molecule has 0 unspecified atom stereocenters. The summed E-state index contributed by atoms with van der Waals surface area (Å²) in [4.78, 5) is 15.6. The highest BCUT2D eigenvalue weighted by molar-refractivity contribution is 6.06. The molecule has 0 N–H and O–H groups in total. The van der Waals surface area contributed by atoms with Gasteiger partial charge in [0.05, 0.1) is 0 Å². The third-order valence-electron chi connectivity index (χ3n) is 1.89. The van der Waals surface area contributed by atoms with E-state index in [0.29, 0.717) is 11.3 Å². The lowest BCUT2D eigenvalue weighted by Gasteiger charge is -1.95. The number of ketones is 1. The lowest BCUT2D eigenvalue weighted by Crippen LogP contribution is -1.99. The van der Waals surface area contributed by atoms with Crippen LogP contribution in [-0.2, 0) is 0 Å². The second kappa shape index (κ2) is 3.46. The lowest BCUT2D eigenvalue weighted by atomic mass is 10.1. The van der Waals surface area contributed by atoms with E-state index >= 15 is 0 Å². The molecule has 0 saturated heterocycles. The zero-order valence-corrected chi connectivity index (χ0v) is 7.73. The topological polar surface area (TPSA) is 43.1 Å². The van der Waals surface area contributed by atoms with Crippen LogP contribution in [0.2, 0.25) is 0 Å². The number of rotatable bonds is 2. The van der Waals surface area contributed by atoms with Crippen LogP contribution in [0.4, 0.5) is 0 Å². The van der Waals surface area contributed by atoms with Gasteiger partial charge >= 0.3 is 0 Å². The molecule has 14 heavy (non-hydrogen) atoms. The quantitative estimate of drug-likeness (QED) is 0.677. The first-order valence-corrected chi connectivity index (χ1v) is 4.28. The summed E-state index contributed by atoms with van der Waals surface area (Å²) in [7, 11) is 0. The summed E-state index contributed by atoms with van der Waals surface area (Å²) in [6.07, 6.45) is 3.16.